The van der Waals surface area contributed by atoms with Crippen LogP contribution >= 0.6 is 0 Å². The van der Waals surface area contributed by atoms with E-state index in [0.717, 1.165) is 17.7 Å². The lowest BCUT2D eigenvalue weighted by Crippen LogP contribution is -2.05. The molecule has 2 N–H and O–H groups in total. The molecule has 0 aromatic carbocycles. The van der Waals surface area contributed by atoms with Gasteiger partial charge in [-0.2, -0.15) is 0 Å². The molecule has 0 atom stereocenters. The van der Waals surface area contributed by atoms with Gasteiger partial charge >= 0.3 is 0 Å². The molecule has 0 unspecified atom stereocenters. The number of unbranched alkanes of at least 4 members (excludes halogenated alkanes) is 14. The van der Waals surface area contributed by atoms with Gasteiger partial charge in [-0.3, -0.25) is 4.98 Å². The molecule has 0 aliphatic carbocycles. The Morgan fingerprint density at radius 1 is 0.815 bits per heavy atom. The minimum atomic E-state index is -0.206. The van der Waals surface area contributed by atoms with Crippen LogP contribution in [0.2, 0.25) is 0 Å². The van der Waals surface area contributed by atoms with E-state index in [-0.39, 0.29) is 12.3 Å². The van der Waals surface area contributed by atoms with Crippen molar-refractivity contribution in [1.29, 1.82) is 5.41 Å². The van der Waals surface area contributed by atoms with Crippen LogP contribution in [0.25, 0.3) is 0 Å². The average Bonchev–Trinajstić information content (AvgIpc) is 2.70. The second kappa shape index (κ2) is 16.9. The third-order valence-electron chi connectivity index (χ3n) is 5.36. The van der Waals surface area contributed by atoms with Crippen molar-refractivity contribution in [3.05, 3.63) is 29.6 Å². The number of aryl methyl sites for hydroxylation is 1. The Labute approximate surface area is 167 Å². The topological polar surface area (TPSA) is 57.0 Å². The standard InChI is InChI=1S/C24H42N2O/c1-2-3-4-5-6-7-8-9-10-11-12-13-14-15-16-17-23-20-22(18-19-26-23)24(25)21-27/h18-20,25,27H,2-17,21H2,1H3. The minimum Gasteiger partial charge on any atom is -0.390 e. The zero-order valence-electron chi connectivity index (χ0n) is 17.6. The van der Waals surface area contributed by atoms with Crippen molar-refractivity contribution in [2.75, 3.05) is 6.61 Å². The van der Waals surface area contributed by atoms with E-state index in [0.29, 0.717) is 0 Å². The quantitative estimate of drug-likeness (QED) is 0.218. The minimum absolute atomic E-state index is 0.206. The Kier molecular flexibility index (Phi) is 14.9. The smallest absolute Gasteiger partial charge is 0.0851 e. The molecule has 0 saturated heterocycles. The number of rotatable bonds is 18. The van der Waals surface area contributed by atoms with Crippen LogP contribution in [0.4, 0.5) is 0 Å². The molecule has 0 fully saturated rings. The summed E-state index contributed by atoms with van der Waals surface area (Å²) < 4.78 is 0. The second-order valence-electron chi connectivity index (χ2n) is 7.87. The van der Waals surface area contributed by atoms with Crippen molar-refractivity contribution in [3.8, 4) is 0 Å². The SMILES string of the molecule is CCCCCCCCCCCCCCCCCc1cc(C(=N)CO)ccn1. The first kappa shape index (κ1) is 23.8. The van der Waals surface area contributed by atoms with Crippen molar-refractivity contribution < 1.29 is 5.11 Å². The maximum atomic E-state index is 9.05. The van der Waals surface area contributed by atoms with E-state index in [1.807, 2.05) is 6.07 Å². The molecular formula is C24H42N2O. The Morgan fingerprint density at radius 3 is 1.78 bits per heavy atom. The van der Waals surface area contributed by atoms with Crippen LogP contribution in [0.3, 0.4) is 0 Å². The fourth-order valence-electron chi connectivity index (χ4n) is 3.57. The normalized spacial score (nSPS) is 11.0. The molecule has 0 aliphatic heterocycles. The number of aliphatic hydroxyl groups is 1. The summed E-state index contributed by atoms with van der Waals surface area (Å²) in [6.45, 7) is 2.08. The number of hydrogen-bond acceptors (Lipinski definition) is 3. The molecule has 0 saturated carbocycles. The monoisotopic (exact) mass is 374 g/mol. The summed E-state index contributed by atoms with van der Waals surface area (Å²) in [4.78, 5) is 4.38. The van der Waals surface area contributed by atoms with Gasteiger partial charge in [0.15, 0.2) is 0 Å². The van der Waals surface area contributed by atoms with E-state index in [4.69, 9.17) is 10.5 Å². The van der Waals surface area contributed by atoms with Gasteiger partial charge in [-0.05, 0) is 25.0 Å². The van der Waals surface area contributed by atoms with Crippen molar-refractivity contribution in [1.82, 2.24) is 4.98 Å². The number of nitrogens with zero attached hydrogens (tertiary/aromatic N) is 1. The van der Waals surface area contributed by atoms with Crippen LogP contribution in [-0.2, 0) is 6.42 Å². The van der Waals surface area contributed by atoms with E-state index < -0.39 is 0 Å². The summed E-state index contributed by atoms with van der Waals surface area (Å²) in [5.74, 6) is 0. The molecule has 27 heavy (non-hydrogen) atoms. The van der Waals surface area contributed by atoms with Crippen molar-refractivity contribution in [3.63, 3.8) is 0 Å². The Morgan fingerprint density at radius 2 is 1.30 bits per heavy atom. The predicted molar refractivity (Wildman–Crippen MR) is 117 cm³/mol. The van der Waals surface area contributed by atoms with E-state index in [1.54, 1.807) is 12.3 Å². The largest absolute Gasteiger partial charge is 0.390 e. The molecule has 0 amide bonds. The van der Waals surface area contributed by atoms with Gasteiger partial charge in [-0.25, -0.2) is 0 Å². The van der Waals surface area contributed by atoms with Crippen LogP contribution in [0.1, 0.15) is 114 Å². The van der Waals surface area contributed by atoms with Gasteiger partial charge in [0.1, 0.15) is 0 Å². The summed E-state index contributed by atoms with van der Waals surface area (Å²) in [6.07, 6.45) is 23.4. The average molecular weight is 375 g/mol. The summed E-state index contributed by atoms with van der Waals surface area (Å²) in [5, 5.41) is 16.7. The number of pyridine rings is 1. The molecule has 1 heterocycles. The summed E-state index contributed by atoms with van der Waals surface area (Å²) in [6, 6.07) is 3.75. The molecule has 0 aliphatic rings. The molecule has 3 heteroatoms. The van der Waals surface area contributed by atoms with Crippen LogP contribution in [0.5, 0.6) is 0 Å². The second-order valence-corrected chi connectivity index (χ2v) is 7.87. The molecule has 1 aromatic heterocycles. The van der Waals surface area contributed by atoms with E-state index in [9.17, 15) is 0 Å². The Balaban J connectivity index is 1.89. The third-order valence-corrected chi connectivity index (χ3v) is 5.36. The van der Waals surface area contributed by atoms with Gasteiger partial charge in [-0.15, -0.1) is 0 Å². The highest BCUT2D eigenvalue weighted by Gasteiger charge is 2.02. The molecule has 0 spiro atoms. The number of aliphatic hydroxyl groups excluding tert-OH is 1. The highest BCUT2D eigenvalue weighted by Crippen LogP contribution is 2.14. The molecule has 0 bridgehead atoms. The third kappa shape index (κ3) is 12.7. The first-order valence-corrected chi connectivity index (χ1v) is 11.4. The van der Waals surface area contributed by atoms with Gasteiger partial charge in [0, 0.05) is 17.5 Å². The van der Waals surface area contributed by atoms with Gasteiger partial charge in [-0.1, -0.05) is 96.8 Å². The zero-order chi connectivity index (χ0) is 19.6. The highest BCUT2D eigenvalue weighted by molar-refractivity contribution is 5.98. The first-order chi connectivity index (χ1) is 13.3. The summed E-state index contributed by atoms with van der Waals surface area (Å²) in [7, 11) is 0. The van der Waals surface area contributed by atoms with Gasteiger partial charge in [0.2, 0.25) is 0 Å². The maximum Gasteiger partial charge on any atom is 0.0851 e. The lowest BCUT2D eigenvalue weighted by molar-refractivity contribution is 0.357. The van der Waals surface area contributed by atoms with E-state index in [2.05, 4.69) is 11.9 Å². The Bertz CT molecular complexity index is 487. The lowest BCUT2D eigenvalue weighted by Gasteiger charge is -2.05. The fourth-order valence-corrected chi connectivity index (χ4v) is 3.57. The van der Waals surface area contributed by atoms with Crippen LogP contribution in [0, 0.1) is 5.41 Å². The van der Waals surface area contributed by atoms with Crippen molar-refractivity contribution >= 4 is 5.71 Å². The zero-order valence-corrected chi connectivity index (χ0v) is 17.6. The van der Waals surface area contributed by atoms with Crippen LogP contribution in [-0.4, -0.2) is 22.4 Å². The Hall–Kier alpha value is -1.22. The summed E-state index contributed by atoms with van der Waals surface area (Å²) >= 11 is 0. The van der Waals surface area contributed by atoms with E-state index >= 15 is 0 Å². The van der Waals surface area contributed by atoms with Crippen LogP contribution < -0.4 is 0 Å². The number of hydrogen-bond donors (Lipinski definition) is 2. The maximum absolute atomic E-state index is 9.05. The highest BCUT2D eigenvalue weighted by atomic mass is 16.3. The summed E-state index contributed by atoms with van der Waals surface area (Å²) in [5.41, 5.74) is 2.11. The fraction of sp³-hybridized carbons (Fsp3) is 0.750. The number of aromatic nitrogens is 1. The predicted octanol–water partition coefficient (Wildman–Crippen LogP) is 6.86. The van der Waals surface area contributed by atoms with Gasteiger partial charge < -0.3 is 10.5 Å². The first-order valence-electron chi connectivity index (χ1n) is 11.4. The molecular weight excluding hydrogens is 332 g/mol. The van der Waals surface area contributed by atoms with Crippen molar-refractivity contribution in [2.24, 2.45) is 0 Å². The lowest BCUT2D eigenvalue weighted by atomic mass is 10.0. The van der Waals surface area contributed by atoms with E-state index in [1.165, 1.54) is 96.3 Å². The van der Waals surface area contributed by atoms with Crippen molar-refractivity contribution in [2.45, 2.75) is 110 Å². The molecule has 1 rings (SSSR count). The molecule has 3 nitrogen and oxygen atoms in total. The number of nitrogens with one attached hydrogen (secondary N) is 1. The molecule has 1 aromatic rings. The van der Waals surface area contributed by atoms with Gasteiger partial charge in [0.25, 0.3) is 0 Å². The molecule has 154 valence electrons. The van der Waals surface area contributed by atoms with Crippen LogP contribution in [0.15, 0.2) is 18.3 Å². The molecule has 0 radical (unpaired) electrons. The van der Waals surface area contributed by atoms with Gasteiger partial charge in [0.05, 0.1) is 12.3 Å².